The number of nitrogens with one attached hydrogen (secondary N) is 2. The molecule has 0 atom stereocenters. The molecule has 0 fully saturated rings. The molecule has 0 saturated carbocycles. The van der Waals surface area contributed by atoms with Crippen molar-refractivity contribution in [3.8, 4) is 0 Å². The van der Waals surface area contributed by atoms with Crippen molar-refractivity contribution < 1.29 is 14.7 Å². The number of hydrogen-bond donors (Lipinski definition) is 3. The summed E-state index contributed by atoms with van der Waals surface area (Å²) in [5.41, 5.74) is 0.844. The fraction of sp³-hybridized carbons (Fsp3) is 0.273. The number of aliphatic hydroxyl groups excluding tert-OH is 1. The average Bonchev–Trinajstić information content (AvgIpc) is 2.26. The van der Waals surface area contributed by atoms with Crippen LogP contribution in [0.3, 0.4) is 0 Å². The largest absolute Gasteiger partial charge is 0.395 e. The number of hydrogen-bond acceptors (Lipinski definition) is 3. The van der Waals surface area contributed by atoms with Crippen LogP contribution in [0.25, 0.3) is 0 Å². The van der Waals surface area contributed by atoms with Gasteiger partial charge >= 0.3 is 0 Å². The zero-order valence-corrected chi connectivity index (χ0v) is 8.99. The third-order valence-corrected chi connectivity index (χ3v) is 1.88. The molecule has 0 aliphatic rings. The van der Waals surface area contributed by atoms with E-state index in [0.29, 0.717) is 11.3 Å². The minimum absolute atomic E-state index is 0.117. The first-order valence-corrected chi connectivity index (χ1v) is 4.91. The van der Waals surface area contributed by atoms with Crippen LogP contribution >= 0.6 is 0 Å². The molecule has 16 heavy (non-hydrogen) atoms. The second-order valence-electron chi connectivity index (χ2n) is 3.21. The summed E-state index contributed by atoms with van der Waals surface area (Å²) in [6, 6.07) is 6.69. The average molecular weight is 222 g/mol. The number of para-hydroxylation sites is 1. The summed E-state index contributed by atoms with van der Waals surface area (Å²) in [7, 11) is 0. The quantitative estimate of drug-likeness (QED) is 0.688. The molecule has 5 nitrogen and oxygen atoms in total. The standard InChI is InChI=1S/C11H14N2O3/c1-8(15)13-10-5-3-2-4-9(10)11(16)12-6-7-14/h2-5,14H,6-7H2,1H3,(H,12,16)(H,13,15). The second-order valence-corrected chi connectivity index (χ2v) is 3.21. The summed E-state index contributed by atoms with van der Waals surface area (Å²) < 4.78 is 0. The van der Waals surface area contributed by atoms with E-state index in [4.69, 9.17) is 5.11 Å². The van der Waals surface area contributed by atoms with Crippen LogP contribution in [-0.2, 0) is 4.79 Å². The first kappa shape index (κ1) is 12.2. The molecule has 5 heteroatoms. The Morgan fingerprint density at radius 1 is 1.31 bits per heavy atom. The number of benzene rings is 1. The van der Waals surface area contributed by atoms with Crippen molar-refractivity contribution in [3.63, 3.8) is 0 Å². The Labute approximate surface area is 93.5 Å². The van der Waals surface area contributed by atoms with Crippen LogP contribution in [0.15, 0.2) is 24.3 Å². The number of anilines is 1. The zero-order valence-electron chi connectivity index (χ0n) is 8.99. The van der Waals surface area contributed by atoms with Crippen molar-refractivity contribution in [2.75, 3.05) is 18.5 Å². The minimum atomic E-state index is -0.321. The Bertz CT molecular complexity index is 391. The first-order chi connectivity index (χ1) is 7.65. The van der Waals surface area contributed by atoms with E-state index < -0.39 is 0 Å². The number of aliphatic hydroxyl groups is 1. The smallest absolute Gasteiger partial charge is 0.253 e. The summed E-state index contributed by atoms with van der Waals surface area (Å²) in [6.07, 6.45) is 0. The fourth-order valence-electron chi connectivity index (χ4n) is 1.24. The van der Waals surface area contributed by atoms with Gasteiger partial charge in [0.25, 0.3) is 5.91 Å². The van der Waals surface area contributed by atoms with Crippen LogP contribution in [0, 0.1) is 0 Å². The molecule has 0 aliphatic carbocycles. The predicted octanol–water partition coefficient (Wildman–Crippen LogP) is 0.367. The molecule has 2 amide bonds. The van der Waals surface area contributed by atoms with Crippen molar-refractivity contribution in [1.29, 1.82) is 0 Å². The molecule has 1 rings (SSSR count). The highest BCUT2D eigenvalue weighted by atomic mass is 16.3. The van der Waals surface area contributed by atoms with Gasteiger partial charge in [-0.25, -0.2) is 0 Å². The third kappa shape index (κ3) is 3.36. The number of carbonyl (C=O) groups is 2. The van der Waals surface area contributed by atoms with Gasteiger partial charge in [0.2, 0.25) is 5.91 Å². The molecule has 0 spiro atoms. The Balaban J connectivity index is 2.85. The topological polar surface area (TPSA) is 78.4 Å². The highest BCUT2D eigenvalue weighted by Gasteiger charge is 2.10. The molecule has 1 aromatic carbocycles. The van der Waals surface area contributed by atoms with Gasteiger partial charge in [0, 0.05) is 13.5 Å². The third-order valence-electron chi connectivity index (χ3n) is 1.88. The Morgan fingerprint density at radius 3 is 2.62 bits per heavy atom. The van der Waals surface area contributed by atoms with E-state index >= 15 is 0 Å². The molecule has 0 heterocycles. The lowest BCUT2D eigenvalue weighted by atomic mass is 10.1. The van der Waals surface area contributed by atoms with Crippen molar-refractivity contribution in [2.45, 2.75) is 6.92 Å². The highest BCUT2D eigenvalue weighted by Crippen LogP contribution is 2.14. The van der Waals surface area contributed by atoms with Crippen molar-refractivity contribution >= 4 is 17.5 Å². The molecule has 3 N–H and O–H groups in total. The van der Waals surface area contributed by atoms with Gasteiger partial charge < -0.3 is 15.7 Å². The second kappa shape index (κ2) is 5.87. The Morgan fingerprint density at radius 2 is 2.00 bits per heavy atom. The van der Waals surface area contributed by atoms with Crippen molar-refractivity contribution in [2.24, 2.45) is 0 Å². The molecule has 0 aliphatic heterocycles. The highest BCUT2D eigenvalue weighted by molar-refractivity contribution is 6.03. The van der Waals surface area contributed by atoms with Gasteiger partial charge in [0.1, 0.15) is 0 Å². The van der Waals surface area contributed by atoms with E-state index in [-0.39, 0.29) is 25.0 Å². The lowest BCUT2D eigenvalue weighted by molar-refractivity contribution is -0.114. The van der Waals surface area contributed by atoms with Gasteiger partial charge in [-0.05, 0) is 12.1 Å². The van der Waals surface area contributed by atoms with Gasteiger partial charge in [0.05, 0.1) is 17.9 Å². The van der Waals surface area contributed by atoms with Crippen LogP contribution < -0.4 is 10.6 Å². The van der Waals surface area contributed by atoms with E-state index in [1.807, 2.05) is 0 Å². The van der Waals surface area contributed by atoms with E-state index in [0.717, 1.165) is 0 Å². The monoisotopic (exact) mass is 222 g/mol. The minimum Gasteiger partial charge on any atom is -0.395 e. The van der Waals surface area contributed by atoms with Gasteiger partial charge in [-0.15, -0.1) is 0 Å². The van der Waals surface area contributed by atoms with Crippen LogP contribution in [0.1, 0.15) is 17.3 Å². The Kier molecular flexibility index (Phi) is 4.47. The van der Waals surface area contributed by atoms with Crippen LogP contribution in [-0.4, -0.2) is 30.1 Å². The van der Waals surface area contributed by atoms with Gasteiger partial charge in [-0.1, -0.05) is 12.1 Å². The van der Waals surface area contributed by atoms with Crippen molar-refractivity contribution in [3.05, 3.63) is 29.8 Å². The molecule has 0 bridgehead atoms. The maximum Gasteiger partial charge on any atom is 0.253 e. The summed E-state index contributed by atoms with van der Waals surface area (Å²) in [6.45, 7) is 1.45. The maximum atomic E-state index is 11.6. The molecular weight excluding hydrogens is 208 g/mol. The first-order valence-electron chi connectivity index (χ1n) is 4.91. The number of amides is 2. The number of carbonyl (C=O) groups excluding carboxylic acids is 2. The predicted molar refractivity (Wildman–Crippen MR) is 60.2 cm³/mol. The Hall–Kier alpha value is -1.88. The summed E-state index contributed by atoms with van der Waals surface area (Å²) in [5, 5.41) is 13.7. The van der Waals surface area contributed by atoms with Crippen LogP contribution in [0.5, 0.6) is 0 Å². The molecule has 1 aromatic rings. The van der Waals surface area contributed by atoms with Gasteiger partial charge in [-0.2, -0.15) is 0 Å². The summed E-state index contributed by atoms with van der Waals surface area (Å²) in [5.74, 6) is -0.555. The summed E-state index contributed by atoms with van der Waals surface area (Å²) >= 11 is 0. The zero-order chi connectivity index (χ0) is 12.0. The summed E-state index contributed by atoms with van der Waals surface area (Å²) in [4.78, 5) is 22.6. The molecule has 0 unspecified atom stereocenters. The molecule has 86 valence electrons. The SMILES string of the molecule is CC(=O)Nc1ccccc1C(=O)NCCO. The molecule has 0 aromatic heterocycles. The number of rotatable bonds is 4. The van der Waals surface area contributed by atoms with Crippen molar-refractivity contribution in [1.82, 2.24) is 5.32 Å². The van der Waals surface area contributed by atoms with Gasteiger partial charge in [-0.3, -0.25) is 9.59 Å². The van der Waals surface area contributed by atoms with Crippen LogP contribution in [0.4, 0.5) is 5.69 Å². The molecule has 0 radical (unpaired) electrons. The van der Waals surface area contributed by atoms with E-state index in [2.05, 4.69) is 10.6 Å². The van der Waals surface area contributed by atoms with E-state index in [1.54, 1.807) is 24.3 Å². The van der Waals surface area contributed by atoms with E-state index in [9.17, 15) is 9.59 Å². The lowest BCUT2D eigenvalue weighted by Gasteiger charge is -2.09. The molecule has 0 saturated heterocycles. The normalized spacial score (nSPS) is 9.62. The van der Waals surface area contributed by atoms with E-state index in [1.165, 1.54) is 6.92 Å². The van der Waals surface area contributed by atoms with Gasteiger partial charge in [0.15, 0.2) is 0 Å². The fourth-order valence-corrected chi connectivity index (χ4v) is 1.24. The lowest BCUT2D eigenvalue weighted by Crippen LogP contribution is -2.27. The van der Waals surface area contributed by atoms with Crippen LogP contribution in [0.2, 0.25) is 0 Å². The maximum absolute atomic E-state index is 11.6. The molecular formula is C11H14N2O3.